The predicted molar refractivity (Wildman–Crippen MR) is 70.6 cm³/mol. The normalized spacial score (nSPS) is 18.3. The van der Waals surface area contributed by atoms with Crippen molar-refractivity contribution >= 4 is 22.9 Å². The van der Waals surface area contributed by atoms with Crippen LogP contribution in [0.4, 0.5) is 5.69 Å². The van der Waals surface area contributed by atoms with Gasteiger partial charge in [-0.15, -0.1) is 0 Å². The summed E-state index contributed by atoms with van der Waals surface area (Å²) < 4.78 is 0. The number of hydrogen-bond donors (Lipinski definition) is 2. The van der Waals surface area contributed by atoms with E-state index in [1.165, 1.54) is 25.7 Å². The summed E-state index contributed by atoms with van der Waals surface area (Å²) in [4.78, 5) is 4.57. The Labute approximate surface area is 101 Å². The molecular formula is C12H17N3S. The highest BCUT2D eigenvalue weighted by atomic mass is 32.1. The molecule has 0 aromatic carbocycles. The lowest BCUT2D eigenvalue weighted by atomic mass is 10.00. The molecule has 1 aliphatic rings. The molecule has 0 aliphatic heterocycles. The zero-order valence-corrected chi connectivity index (χ0v) is 10.3. The molecule has 0 atom stereocenters. The van der Waals surface area contributed by atoms with Crippen LogP contribution in [0, 0.1) is 0 Å². The summed E-state index contributed by atoms with van der Waals surface area (Å²) in [7, 11) is 0. The van der Waals surface area contributed by atoms with Crippen LogP contribution >= 0.6 is 12.2 Å². The molecule has 0 spiro atoms. The average molecular weight is 235 g/mol. The number of nitrogens with two attached hydrogens (primary N) is 1. The van der Waals surface area contributed by atoms with Crippen LogP contribution < -0.4 is 11.1 Å². The highest BCUT2D eigenvalue weighted by molar-refractivity contribution is 7.80. The lowest BCUT2D eigenvalue weighted by Gasteiger charge is -2.27. The minimum Gasteiger partial charge on any atom is -0.388 e. The summed E-state index contributed by atoms with van der Waals surface area (Å²) in [6.07, 6.45) is 6.67. The molecule has 3 N–H and O–H groups in total. The van der Waals surface area contributed by atoms with Crippen molar-refractivity contribution in [3.8, 4) is 0 Å². The van der Waals surface area contributed by atoms with Gasteiger partial charge in [0.25, 0.3) is 0 Å². The van der Waals surface area contributed by atoms with E-state index >= 15 is 0 Å². The molecule has 0 unspecified atom stereocenters. The van der Waals surface area contributed by atoms with Crippen LogP contribution in [0.2, 0.25) is 0 Å². The molecule has 1 aliphatic carbocycles. The van der Waals surface area contributed by atoms with Crippen molar-refractivity contribution < 1.29 is 0 Å². The summed E-state index contributed by atoms with van der Waals surface area (Å²) in [6, 6.07) is 3.90. The lowest BCUT2D eigenvalue weighted by molar-refractivity contribution is 0.533. The second kappa shape index (κ2) is 4.37. The van der Waals surface area contributed by atoms with Crippen LogP contribution in [0.25, 0.3) is 0 Å². The van der Waals surface area contributed by atoms with Gasteiger partial charge in [0.15, 0.2) is 0 Å². The van der Waals surface area contributed by atoms with E-state index < -0.39 is 0 Å². The number of rotatable bonds is 3. The van der Waals surface area contributed by atoms with E-state index in [9.17, 15) is 0 Å². The molecule has 0 saturated heterocycles. The lowest BCUT2D eigenvalue weighted by Crippen LogP contribution is -2.32. The van der Waals surface area contributed by atoms with Gasteiger partial charge in [0.05, 0.1) is 5.69 Å². The van der Waals surface area contributed by atoms with Crippen molar-refractivity contribution in [1.82, 2.24) is 4.98 Å². The average Bonchev–Trinajstić information content (AvgIpc) is 2.65. The quantitative estimate of drug-likeness (QED) is 0.790. The van der Waals surface area contributed by atoms with Crippen LogP contribution in [-0.2, 0) is 0 Å². The summed E-state index contributed by atoms with van der Waals surface area (Å²) in [5.74, 6) is 0. The Morgan fingerprint density at radius 1 is 1.50 bits per heavy atom. The molecule has 0 amide bonds. The van der Waals surface area contributed by atoms with Crippen molar-refractivity contribution in [2.75, 3.05) is 5.32 Å². The van der Waals surface area contributed by atoms with E-state index in [0.29, 0.717) is 10.7 Å². The number of pyridine rings is 1. The van der Waals surface area contributed by atoms with E-state index in [0.717, 1.165) is 5.69 Å². The Morgan fingerprint density at radius 2 is 2.19 bits per heavy atom. The van der Waals surface area contributed by atoms with Gasteiger partial charge in [0.2, 0.25) is 0 Å². The highest BCUT2D eigenvalue weighted by Gasteiger charge is 2.29. The second-order valence-corrected chi connectivity index (χ2v) is 5.10. The number of hydrogen-bond acceptors (Lipinski definition) is 3. The Hall–Kier alpha value is -1.16. The molecule has 3 nitrogen and oxygen atoms in total. The van der Waals surface area contributed by atoms with Crippen LogP contribution in [0.5, 0.6) is 0 Å². The first-order valence-electron chi connectivity index (χ1n) is 5.64. The molecule has 1 saturated carbocycles. The second-order valence-electron chi connectivity index (χ2n) is 4.66. The molecule has 0 radical (unpaired) electrons. The third-order valence-corrected chi connectivity index (χ3v) is 3.38. The van der Waals surface area contributed by atoms with Gasteiger partial charge in [-0.25, -0.2) is 0 Å². The first-order chi connectivity index (χ1) is 7.61. The van der Waals surface area contributed by atoms with E-state index in [-0.39, 0.29) is 5.54 Å². The molecule has 4 heteroatoms. The van der Waals surface area contributed by atoms with E-state index in [4.69, 9.17) is 18.0 Å². The van der Waals surface area contributed by atoms with E-state index in [1.54, 1.807) is 6.20 Å². The molecule has 1 aromatic rings. The third-order valence-electron chi connectivity index (χ3n) is 3.18. The van der Waals surface area contributed by atoms with Gasteiger partial charge >= 0.3 is 0 Å². The summed E-state index contributed by atoms with van der Waals surface area (Å²) in [5.41, 5.74) is 7.49. The van der Waals surface area contributed by atoms with Crippen molar-refractivity contribution in [2.45, 2.75) is 38.1 Å². The van der Waals surface area contributed by atoms with Gasteiger partial charge < -0.3 is 11.1 Å². The van der Waals surface area contributed by atoms with Crippen LogP contribution in [0.1, 0.15) is 38.3 Å². The molecule has 1 heterocycles. The van der Waals surface area contributed by atoms with Crippen molar-refractivity contribution in [2.24, 2.45) is 5.73 Å². The largest absolute Gasteiger partial charge is 0.388 e. The molecule has 1 aromatic heterocycles. The Kier molecular flexibility index (Phi) is 3.10. The van der Waals surface area contributed by atoms with Crippen LogP contribution in [0.15, 0.2) is 18.3 Å². The molecule has 16 heavy (non-hydrogen) atoms. The number of thiocarbonyl (C=S) groups is 1. The van der Waals surface area contributed by atoms with Crippen LogP contribution in [0.3, 0.4) is 0 Å². The number of anilines is 1. The van der Waals surface area contributed by atoms with Crippen molar-refractivity contribution in [3.63, 3.8) is 0 Å². The van der Waals surface area contributed by atoms with Crippen LogP contribution in [-0.4, -0.2) is 15.5 Å². The smallest absolute Gasteiger partial charge is 0.124 e. The zero-order valence-electron chi connectivity index (χ0n) is 9.49. The monoisotopic (exact) mass is 235 g/mol. The summed E-state index contributed by atoms with van der Waals surface area (Å²) in [5, 5.41) is 3.54. The molecule has 0 bridgehead atoms. The minimum absolute atomic E-state index is 0.169. The maximum Gasteiger partial charge on any atom is 0.124 e. The fraction of sp³-hybridized carbons (Fsp3) is 0.500. The van der Waals surface area contributed by atoms with Crippen molar-refractivity contribution in [1.29, 1.82) is 0 Å². The highest BCUT2D eigenvalue weighted by Crippen LogP contribution is 2.33. The predicted octanol–water partition coefficient (Wildman–Crippen LogP) is 2.46. The number of aromatic nitrogens is 1. The summed E-state index contributed by atoms with van der Waals surface area (Å²) >= 11 is 5.00. The third kappa shape index (κ3) is 2.32. The van der Waals surface area contributed by atoms with Gasteiger partial charge in [-0.1, -0.05) is 25.1 Å². The van der Waals surface area contributed by atoms with Crippen molar-refractivity contribution in [3.05, 3.63) is 24.0 Å². The molecular weight excluding hydrogens is 218 g/mol. The molecule has 86 valence electrons. The fourth-order valence-electron chi connectivity index (χ4n) is 2.31. The van der Waals surface area contributed by atoms with Gasteiger partial charge in [0, 0.05) is 11.7 Å². The number of nitrogens with zero attached hydrogens (tertiary/aromatic N) is 1. The molecule has 1 fully saturated rings. The van der Waals surface area contributed by atoms with Gasteiger partial charge in [-0.3, -0.25) is 4.98 Å². The van der Waals surface area contributed by atoms with Gasteiger partial charge in [0.1, 0.15) is 10.7 Å². The Bertz CT molecular complexity index is 397. The van der Waals surface area contributed by atoms with Gasteiger partial charge in [-0.2, -0.15) is 0 Å². The zero-order chi connectivity index (χ0) is 11.6. The maximum atomic E-state index is 5.66. The number of nitrogens with one attached hydrogen (secondary N) is 1. The Morgan fingerprint density at radius 3 is 2.81 bits per heavy atom. The fourth-order valence-corrected chi connectivity index (χ4v) is 2.47. The maximum absolute atomic E-state index is 5.66. The summed E-state index contributed by atoms with van der Waals surface area (Å²) in [6.45, 7) is 2.25. The Balaban J connectivity index is 2.23. The van der Waals surface area contributed by atoms with Gasteiger partial charge in [-0.05, 0) is 31.9 Å². The minimum atomic E-state index is 0.169. The van der Waals surface area contributed by atoms with E-state index in [1.807, 2.05) is 12.1 Å². The standard InChI is InChI=1S/C12H17N3S/c1-12(6-2-3-7-12)15-9-5-4-8-14-10(9)11(13)16/h4-5,8,15H,2-3,6-7H2,1H3,(H2,13,16). The van der Waals surface area contributed by atoms with E-state index in [2.05, 4.69) is 17.2 Å². The first kappa shape index (κ1) is 11.3. The molecule has 2 rings (SSSR count). The topological polar surface area (TPSA) is 50.9 Å². The SMILES string of the molecule is CC1(Nc2cccnc2C(N)=S)CCCC1. The first-order valence-corrected chi connectivity index (χ1v) is 6.05.